The quantitative estimate of drug-likeness (QED) is 0.768. The molecule has 0 amide bonds. The number of sulfonamides is 1. The van der Waals surface area contributed by atoms with Crippen LogP contribution in [0.4, 0.5) is 5.69 Å². The number of rotatable bonds is 3. The summed E-state index contributed by atoms with van der Waals surface area (Å²) in [4.78, 5) is 5.59. The van der Waals surface area contributed by atoms with Gasteiger partial charge in [0.15, 0.2) is 0 Å². The molecule has 0 saturated heterocycles. The van der Waals surface area contributed by atoms with E-state index in [1.54, 1.807) is 12.1 Å². The van der Waals surface area contributed by atoms with Gasteiger partial charge in [-0.15, -0.1) is 11.3 Å². The van der Waals surface area contributed by atoms with Gasteiger partial charge in [-0.2, -0.15) is 0 Å². The highest BCUT2D eigenvalue weighted by atomic mass is 32.2. The molecule has 0 fully saturated rings. The molecular formula is C17H18N2O2S2. The first kappa shape index (κ1) is 16.0. The zero-order valence-electron chi connectivity index (χ0n) is 13.5. The van der Waals surface area contributed by atoms with Gasteiger partial charge in [0.05, 0.1) is 10.6 Å². The largest absolute Gasteiger partial charge is 0.278 e. The Kier molecular flexibility index (Phi) is 3.90. The van der Waals surface area contributed by atoms with Gasteiger partial charge in [-0.25, -0.2) is 13.4 Å². The predicted molar refractivity (Wildman–Crippen MR) is 95.8 cm³/mol. The number of benzene rings is 1. The molecule has 0 unspecified atom stereocenters. The number of thiophene rings is 1. The van der Waals surface area contributed by atoms with E-state index in [-0.39, 0.29) is 4.90 Å². The summed E-state index contributed by atoms with van der Waals surface area (Å²) in [5, 5.41) is 2.68. The van der Waals surface area contributed by atoms with Crippen molar-refractivity contribution >= 4 is 37.3 Å². The fourth-order valence-electron chi connectivity index (χ4n) is 2.55. The van der Waals surface area contributed by atoms with Crippen LogP contribution < -0.4 is 4.72 Å². The van der Waals surface area contributed by atoms with Crippen LogP contribution in [0, 0.1) is 27.7 Å². The minimum Gasteiger partial charge on any atom is -0.278 e. The molecule has 3 aromatic rings. The highest BCUT2D eigenvalue weighted by molar-refractivity contribution is 7.92. The highest BCUT2D eigenvalue weighted by Crippen LogP contribution is 2.33. The van der Waals surface area contributed by atoms with Crippen molar-refractivity contribution in [1.29, 1.82) is 0 Å². The average molecular weight is 346 g/mol. The van der Waals surface area contributed by atoms with Crippen molar-refractivity contribution in [2.24, 2.45) is 0 Å². The molecule has 23 heavy (non-hydrogen) atoms. The summed E-state index contributed by atoms with van der Waals surface area (Å²) in [5.74, 6) is 0. The molecule has 1 aromatic carbocycles. The number of nitrogens with zero attached hydrogens (tertiary/aromatic N) is 1. The van der Waals surface area contributed by atoms with Crippen molar-refractivity contribution in [1.82, 2.24) is 4.98 Å². The molecule has 6 heteroatoms. The van der Waals surface area contributed by atoms with E-state index in [1.807, 2.05) is 45.2 Å². The first-order valence-corrected chi connectivity index (χ1v) is 9.60. The van der Waals surface area contributed by atoms with Gasteiger partial charge in [0.25, 0.3) is 10.0 Å². The van der Waals surface area contributed by atoms with Crippen LogP contribution in [-0.2, 0) is 10.0 Å². The topological polar surface area (TPSA) is 59.1 Å². The van der Waals surface area contributed by atoms with Gasteiger partial charge in [-0.3, -0.25) is 4.72 Å². The Morgan fingerprint density at radius 2 is 1.74 bits per heavy atom. The third-order valence-electron chi connectivity index (χ3n) is 3.90. The molecule has 0 atom stereocenters. The molecule has 0 radical (unpaired) electrons. The number of aromatic nitrogens is 1. The third kappa shape index (κ3) is 2.96. The molecular weight excluding hydrogens is 328 g/mol. The van der Waals surface area contributed by atoms with Crippen molar-refractivity contribution in [2.75, 3.05) is 4.72 Å². The van der Waals surface area contributed by atoms with Crippen LogP contribution in [-0.4, -0.2) is 13.4 Å². The van der Waals surface area contributed by atoms with Gasteiger partial charge >= 0.3 is 0 Å². The predicted octanol–water partition coefficient (Wildman–Crippen LogP) is 4.33. The van der Waals surface area contributed by atoms with Crippen molar-refractivity contribution in [3.63, 3.8) is 0 Å². The first-order chi connectivity index (χ1) is 10.8. The second-order valence-corrected chi connectivity index (χ2v) is 8.30. The van der Waals surface area contributed by atoms with E-state index in [2.05, 4.69) is 9.71 Å². The lowest BCUT2D eigenvalue weighted by Crippen LogP contribution is -2.13. The van der Waals surface area contributed by atoms with Crippen LogP contribution >= 0.6 is 11.3 Å². The maximum Gasteiger partial charge on any atom is 0.261 e. The lowest BCUT2D eigenvalue weighted by atomic mass is 10.1. The smallest absolute Gasteiger partial charge is 0.261 e. The Hall–Kier alpha value is -1.92. The molecule has 4 nitrogen and oxygen atoms in total. The van der Waals surface area contributed by atoms with Crippen LogP contribution in [0.3, 0.4) is 0 Å². The van der Waals surface area contributed by atoms with Crippen molar-refractivity contribution < 1.29 is 8.42 Å². The molecule has 0 aliphatic heterocycles. The monoisotopic (exact) mass is 346 g/mol. The molecule has 0 aliphatic carbocycles. The molecule has 2 heterocycles. The van der Waals surface area contributed by atoms with Gasteiger partial charge < -0.3 is 0 Å². The van der Waals surface area contributed by atoms with Gasteiger partial charge in [0, 0.05) is 16.5 Å². The summed E-state index contributed by atoms with van der Waals surface area (Å²) < 4.78 is 28.0. The van der Waals surface area contributed by atoms with Crippen molar-refractivity contribution in [3.8, 4) is 0 Å². The van der Waals surface area contributed by atoms with E-state index < -0.39 is 10.0 Å². The zero-order valence-corrected chi connectivity index (χ0v) is 15.1. The van der Waals surface area contributed by atoms with Gasteiger partial charge in [-0.1, -0.05) is 6.07 Å². The van der Waals surface area contributed by atoms with Gasteiger partial charge in [-0.05, 0) is 62.6 Å². The first-order valence-electron chi connectivity index (χ1n) is 7.23. The molecule has 2 aromatic heterocycles. The van der Waals surface area contributed by atoms with E-state index >= 15 is 0 Å². The average Bonchev–Trinajstić information content (AvgIpc) is 2.84. The third-order valence-corrected chi connectivity index (χ3v) is 6.14. The summed E-state index contributed by atoms with van der Waals surface area (Å²) in [5.41, 5.74) is 4.57. The fourth-order valence-corrected chi connectivity index (χ4v) is 4.76. The Labute approximate surface area is 140 Å². The molecule has 120 valence electrons. The Morgan fingerprint density at radius 1 is 1.00 bits per heavy atom. The van der Waals surface area contributed by atoms with Crippen LogP contribution in [0.25, 0.3) is 10.2 Å². The van der Waals surface area contributed by atoms with Gasteiger partial charge in [0.2, 0.25) is 0 Å². The minimum atomic E-state index is -3.61. The lowest BCUT2D eigenvalue weighted by Gasteiger charge is -2.10. The van der Waals surface area contributed by atoms with Crippen molar-refractivity contribution in [2.45, 2.75) is 32.6 Å². The van der Waals surface area contributed by atoms with E-state index in [1.165, 1.54) is 11.3 Å². The summed E-state index contributed by atoms with van der Waals surface area (Å²) in [6, 6.07) is 7.12. The normalized spacial score (nSPS) is 11.8. The highest BCUT2D eigenvalue weighted by Gasteiger charge is 2.18. The summed E-state index contributed by atoms with van der Waals surface area (Å²) in [6.07, 6.45) is 0. The van der Waals surface area contributed by atoms with E-state index in [9.17, 15) is 8.42 Å². The molecule has 3 rings (SSSR count). The van der Waals surface area contributed by atoms with E-state index in [0.717, 1.165) is 32.6 Å². The van der Waals surface area contributed by atoms with Crippen LogP contribution in [0.1, 0.15) is 22.4 Å². The Bertz CT molecular complexity index is 1000. The zero-order chi connectivity index (χ0) is 16.8. The molecule has 0 bridgehead atoms. The SMILES string of the molecule is Cc1cc(C)c2c(NS(=O)(=O)c3ccc(C)c(C)c3)csc2n1. The number of anilines is 1. The molecule has 0 spiro atoms. The summed E-state index contributed by atoms with van der Waals surface area (Å²) >= 11 is 1.45. The molecule has 0 saturated carbocycles. The number of fused-ring (bicyclic) bond motifs is 1. The maximum atomic E-state index is 12.7. The minimum absolute atomic E-state index is 0.276. The van der Waals surface area contributed by atoms with E-state index in [0.29, 0.717) is 5.69 Å². The van der Waals surface area contributed by atoms with Gasteiger partial charge in [0.1, 0.15) is 4.83 Å². The van der Waals surface area contributed by atoms with Crippen molar-refractivity contribution in [3.05, 3.63) is 52.0 Å². The molecule has 0 aliphatic rings. The second kappa shape index (κ2) is 5.62. The maximum absolute atomic E-state index is 12.7. The number of hydrogen-bond donors (Lipinski definition) is 1. The Morgan fingerprint density at radius 3 is 2.43 bits per heavy atom. The number of hydrogen-bond acceptors (Lipinski definition) is 4. The Balaban J connectivity index is 2.05. The van der Waals surface area contributed by atoms with Crippen LogP contribution in [0.15, 0.2) is 34.5 Å². The summed E-state index contributed by atoms with van der Waals surface area (Å²) in [7, 11) is -3.61. The standard InChI is InChI=1S/C17H18N2O2S2/c1-10-5-6-14(8-11(10)2)23(20,21)19-15-9-22-17-16(15)12(3)7-13(4)18-17/h5-9,19H,1-4H3. The van der Waals surface area contributed by atoms with Crippen LogP contribution in [0.2, 0.25) is 0 Å². The fraction of sp³-hybridized carbons (Fsp3) is 0.235. The second-order valence-electron chi connectivity index (χ2n) is 5.76. The number of aryl methyl sites for hydroxylation is 4. The van der Waals surface area contributed by atoms with E-state index in [4.69, 9.17) is 0 Å². The number of nitrogens with one attached hydrogen (secondary N) is 1. The lowest BCUT2D eigenvalue weighted by molar-refractivity contribution is 0.601. The van der Waals surface area contributed by atoms with Crippen LogP contribution in [0.5, 0.6) is 0 Å². The number of pyridine rings is 1. The summed E-state index contributed by atoms with van der Waals surface area (Å²) in [6.45, 7) is 7.77. The molecule has 1 N–H and O–H groups in total.